The van der Waals surface area contributed by atoms with Crippen LogP contribution in [-0.4, -0.2) is 47.2 Å². The molecule has 0 radical (unpaired) electrons. The van der Waals surface area contributed by atoms with Crippen LogP contribution in [0.4, 0.5) is 0 Å². The van der Waals surface area contributed by atoms with Crippen molar-refractivity contribution in [3.8, 4) is 0 Å². The zero-order valence-corrected chi connectivity index (χ0v) is 14.5. The van der Waals surface area contributed by atoms with E-state index in [0.717, 1.165) is 36.9 Å². The number of rotatable bonds is 6. The third-order valence-electron chi connectivity index (χ3n) is 4.78. The van der Waals surface area contributed by atoms with Crippen molar-refractivity contribution < 1.29 is 14.4 Å². The number of carbonyl (C=O) groups is 3. The van der Waals surface area contributed by atoms with E-state index in [-0.39, 0.29) is 24.3 Å². The van der Waals surface area contributed by atoms with Gasteiger partial charge in [0.05, 0.1) is 6.54 Å². The smallest absolute Gasteiger partial charge is 0.239 e. The number of nitrogens with zero attached hydrogens (tertiary/aromatic N) is 2. The van der Waals surface area contributed by atoms with Gasteiger partial charge in [-0.3, -0.25) is 14.4 Å². The lowest BCUT2D eigenvalue weighted by atomic mass is 10.1. The Morgan fingerprint density at radius 3 is 2.44 bits per heavy atom. The number of nitrogens with one attached hydrogen (secondary N) is 1. The van der Waals surface area contributed by atoms with Crippen molar-refractivity contribution in [2.75, 3.05) is 19.6 Å². The van der Waals surface area contributed by atoms with Gasteiger partial charge >= 0.3 is 0 Å². The summed E-state index contributed by atoms with van der Waals surface area (Å²) in [6.07, 6.45) is 4.01. The molecule has 0 atom stereocenters. The second-order valence-electron chi connectivity index (χ2n) is 6.79. The minimum Gasteiger partial charge on any atom is -0.350 e. The van der Waals surface area contributed by atoms with Crippen LogP contribution in [-0.2, 0) is 27.5 Å². The zero-order valence-electron chi connectivity index (χ0n) is 14.5. The summed E-state index contributed by atoms with van der Waals surface area (Å²) < 4.78 is 0. The quantitative estimate of drug-likeness (QED) is 0.850. The average Bonchev–Trinajstić information content (AvgIpc) is 3.00. The number of piperidine rings is 1. The molecule has 2 aliphatic rings. The van der Waals surface area contributed by atoms with Gasteiger partial charge in [0.15, 0.2) is 0 Å². The number of carbonyl (C=O) groups excluding carboxylic acids is 3. The molecule has 2 heterocycles. The molecule has 1 aromatic carbocycles. The lowest BCUT2D eigenvalue weighted by Gasteiger charge is -2.26. The van der Waals surface area contributed by atoms with Crippen LogP contribution in [0.3, 0.4) is 0 Å². The van der Waals surface area contributed by atoms with E-state index < -0.39 is 0 Å². The molecule has 0 bridgehead atoms. The molecule has 3 rings (SSSR count). The predicted octanol–water partition coefficient (Wildman–Crippen LogP) is 1.44. The van der Waals surface area contributed by atoms with Gasteiger partial charge in [-0.05, 0) is 30.4 Å². The van der Waals surface area contributed by atoms with E-state index in [1.807, 2.05) is 29.2 Å². The van der Waals surface area contributed by atoms with E-state index in [1.165, 1.54) is 0 Å². The van der Waals surface area contributed by atoms with Crippen molar-refractivity contribution in [1.29, 1.82) is 0 Å². The minimum atomic E-state index is -0.129. The van der Waals surface area contributed by atoms with E-state index in [4.69, 9.17) is 0 Å². The Balaban J connectivity index is 1.49. The normalized spacial score (nSPS) is 17.9. The first-order valence-electron chi connectivity index (χ1n) is 9.02. The molecule has 6 heteroatoms. The summed E-state index contributed by atoms with van der Waals surface area (Å²) in [6, 6.07) is 7.94. The van der Waals surface area contributed by atoms with Gasteiger partial charge in [-0.15, -0.1) is 0 Å². The van der Waals surface area contributed by atoms with Crippen LogP contribution in [0.2, 0.25) is 0 Å². The highest BCUT2D eigenvalue weighted by atomic mass is 16.2. The van der Waals surface area contributed by atoms with E-state index in [9.17, 15) is 14.4 Å². The number of hydrogen-bond donors (Lipinski definition) is 1. The molecule has 0 aliphatic carbocycles. The third-order valence-corrected chi connectivity index (χ3v) is 4.78. The highest BCUT2D eigenvalue weighted by molar-refractivity contribution is 5.85. The summed E-state index contributed by atoms with van der Waals surface area (Å²) in [5.74, 6) is 0.152. The molecule has 0 saturated carbocycles. The second-order valence-corrected chi connectivity index (χ2v) is 6.79. The van der Waals surface area contributed by atoms with Gasteiger partial charge in [0, 0.05) is 39.0 Å². The van der Waals surface area contributed by atoms with Gasteiger partial charge in [0.25, 0.3) is 0 Å². The molecule has 2 fully saturated rings. The molecule has 2 aliphatic heterocycles. The maximum absolute atomic E-state index is 12.1. The molecule has 1 aromatic rings. The average molecular weight is 343 g/mol. The van der Waals surface area contributed by atoms with Crippen molar-refractivity contribution in [3.63, 3.8) is 0 Å². The molecule has 0 spiro atoms. The molecule has 0 aromatic heterocycles. The van der Waals surface area contributed by atoms with Crippen LogP contribution >= 0.6 is 0 Å². The SMILES string of the molecule is O=C(CN1CCCCC1=O)NCc1cccc(CN2CCCC2=O)c1. The Labute approximate surface area is 148 Å². The Morgan fingerprint density at radius 2 is 1.68 bits per heavy atom. The third kappa shape index (κ3) is 4.81. The summed E-state index contributed by atoms with van der Waals surface area (Å²) >= 11 is 0. The monoisotopic (exact) mass is 343 g/mol. The molecule has 6 nitrogen and oxygen atoms in total. The second kappa shape index (κ2) is 8.14. The van der Waals surface area contributed by atoms with Crippen LogP contribution in [0.1, 0.15) is 43.2 Å². The first-order valence-corrected chi connectivity index (χ1v) is 9.02. The van der Waals surface area contributed by atoms with E-state index in [0.29, 0.717) is 32.5 Å². The highest BCUT2D eigenvalue weighted by Gasteiger charge is 2.21. The minimum absolute atomic E-state index is 0.0682. The first kappa shape index (κ1) is 17.5. The van der Waals surface area contributed by atoms with Crippen molar-refractivity contribution in [3.05, 3.63) is 35.4 Å². The van der Waals surface area contributed by atoms with Crippen LogP contribution in [0.25, 0.3) is 0 Å². The van der Waals surface area contributed by atoms with Gasteiger partial charge in [0.2, 0.25) is 17.7 Å². The van der Waals surface area contributed by atoms with Gasteiger partial charge in [-0.1, -0.05) is 24.3 Å². The van der Waals surface area contributed by atoms with Gasteiger partial charge in [-0.25, -0.2) is 0 Å². The van der Waals surface area contributed by atoms with Crippen molar-refractivity contribution in [1.82, 2.24) is 15.1 Å². The summed E-state index contributed by atoms with van der Waals surface area (Å²) in [7, 11) is 0. The summed E-state index contributed by atoms with van der Waals surface area (Å²) in [5, 5.41) is 2.88. The van der Waals surface area contributed by atoms with E-state index in [1.54, 1.807) is 4.90 Å². The Bertz CT molecular complexity index is 659. The van der Waals surface area contributed by atoms with Crippen molar-refractivity contribution in [2.45, 2.75) is 45.2 Å². The van der Waals surface area contributed by atoms with Crippen molar-refractivity contribution in [2.24, 2.45) is 0 Å². The van der Waals surface area contributed by atoms with Crippen LogP contribution in [0, 0.1) is 0 Å². The molecular weight excluding hydrogens is 318 g/mol. The highest BCUT2D eigenvalue weighted by Crippen LogP contribution is 2.15. The summed E-state index contributed by atoms with van der Waals surface area (Å²) in [5.41, 5.74) is 2.08. The number of hydrogen-bond acceptors (Lipinski definition) is 3. The Hall–Kier alpha value is -2.37. The van der Waals surface area contributed by atoms with Crippen LogP contribution in [0.5, 0.6) is 0 Å². The van der Waals surface area contributed by atoms with E-state index >= 15 is 0 Å². The Kier molecular flexibility index (Phi) is 5.68. The lowest BCUT2D eigenvalue weighted by Crippen LogP contribution is -2.42. The fourth-order valence-electron chi connectivity index (χ4n) is 3.39. The summed E-state index contributed by atoms with van der Waals surface area (Å²) in [6.45, 7) is 2.70. The standard InChI is InChI=1S/C19H25N3O3/c23-17(14-22-9-2-1-7-18(22)24)20-12-15-5-3-6-16(11-15)13-21-10-4-8-19(21)25/h3,5-6,11H,1-2,4,7-10,12-14H2,(H,20,23). The maximum atomic E-state index is 12.1. The molecular formula is C19H25N3O3. The van der Waals surface area contributed by atoms with Gasteiger partial charge in [-0.2, -0.15) is 0 Å². The van der Waals surface area contributed by atoms with Crippen LogP contribution < -0.4 is 5.32 Å². The largest absolute Gasteiger partial charge is 0.350 e. The molecule has 25 heavy (non-hydrogen) atoms. The maximum Gasteiger partial charge on any atom is 0.239 e. The fourth-order valence-corrected chi connectivity index (χ4v) is 3.39. The number of benzene rings is 1. The first-order chi connectivity index (χ1) is 12.1. The van der Waals surface area contributed by atoms with Gasteiger partial charge in [0.1, 0.15) is 0 Å². The predicted molar refractivity (Wildman–Crippen MR) is 93.4 cm³/mol. The molecule has 0 unspecified atom stereocenters. The molecule has 134 valence electrons. The lowest BCUT2D eigenvalue weighted by molar-refractivity contribution is -0.137. The molecule has 3 amide bonds. The Morgan fingerprint density at radius 1 is 0.960 bits per heavy atom. The zero-order chi connectivity index (χ0) is 17.6. The van der Waals surface area contributed by atoms with Gasteiger partial charge < -0.3 is 15.1 Å². The molecule has 1 N–H and O–H groups in total. The number of likely N-dealkylation sites (tertiary alicyclic amines) is 2. The summed E-state index contributed by atoms with van der Waals surface area (Å²) in [4.78, 5) is 39.1. The van der Waals surface area contributed by atoms with Crippen molar-refractivity contribution >= 4 is 17.7 Å². The fraction of sp³-hybridized carbons (Fsp3) is 0.526. The number of amides is 3. The van der Waals surface area contributed by atoms with Crippen LogP contribution in [0.15, 0.2) is 24.3 Å². The molecule has 2 saturated heterocycles. The topological polar surface area (TPSA) is 69.7 Å². The van der Waals surface area contributed by atoms with E-state index in [2.05, 4.69) is 5.32 Å².